The van der Waals surface area contributed by atoms with Gasteiger partial charge in [0.05, 0.1) is 11.0 Å². The molecule has 0 saturated carbocycles. The lowest BCUT2D eigenvalue weighted by Gasteiger charge is -2.02. The molecular formula is C13H13Br2NOS. The van der Waals surface area contributed by atoms with E-state index in [1.807, 2.05) is 23.9 Å². The molecule has 0 aliphatic heterocycles. The zero-order chi connectivity index (χ0) is 12.8. The summed E-state index contributed by atoms with van der Waals surface area (Å²) in [5.41, 5.74) is 0. The molecule has 2 rings (SSSR count). The van der Waals surface area contributed by atoms with Crippen molar-refractivity contribution in [3.63, 3.8) is 0 Å². The molecule has 0 fully saturated rings. The number of nitrogens with one attached hydrogen (secondary N) is 1. The molecule has 0 atom stereocenters. The maximum atomic E-state index is 5.48. The molecule has 0 radical (unpaired) electrons. The summed E-state index contributed by atoms with van der Waals surface area (Å²) in [6.07, 6.45) is 0. The highest BCUT2D eigenvalue weighted by Crippen LogP contribution is 2.26. The van der Waals surface area contributed by atoms with Crippen molar-refractivity contribution in [3.8, 4) is 0 Å². The quantitative estimate of drug-likeness (QED) is 0.572. The second-order valence-corrected chi connectivity index (χ2v) is 6.42. The molecule has 96 valence electrons. The van der Waals surface area contributed by atoms with Gasteiger partial charge >= 0.3 is 0 Å². The fraction of sp³-hybridized carbons (Fsp3) is 0.231. The summed E-state index contributed by atoms with van der Waals surface area (Å²) in [6, 6.07) is 12.4. The molecule has 1 aromatic carbocycles. The third-order valence-corrected chi connectivity index (χ3v) is 5.01. The monoisotopic (exact) mass is 389 g/mol. The van der Waals surface area contributed by atoms with Crippen LogP contribution in [-0.2, 0) is 6.54 Å². The molecule has 1 N–H and O–H groups in total. The number of benzene rings is 1. The van der Waals surface area contributed by atoms with Gasteiger partial charge in [0.2, 0.25) is 0 Å². The molecule has 2 nitrogen and oxygen atoms in total. The van der Waals surface area contributed by atoms with Crippen molar-refractivity contribution in [2.75, 3.05) is 12.3 Å². The van der Waals surface area contributed by atoms with Crippen LogP contribution in [0.15, 0.2) is 54.9 Å². The van der Waals surface area contributed by atoms with Gasteiger partial charge in [-0.25, -0.2) is 0 Å². The van der Waals surface area contributed by atoms with Crippen LogP contribution >= 0.6 is 43.6 Å². The summed E-state index contributed by atoms with van der Waals surface area (Å²) in [6.45, 7) is 1.70. The van der Waals surface area contributed by atoms with Gasteiger partial charge in [-0.3, -0.25) is 0 Å². The first-order valence-corrected chi connectivity index (χ1v) is 8.15. The van der Waals surface area contributed by atoms with Crippen LogP contribution in [0.4, 0.5) is 0 Å². The zero-order valence-electron chi connectivity index (χ0n) is 9.66. The van der Waals surface area contributed by atoms with Gasteiger partial charge in [-0.05, 0) is 50.1 Å². The Balaban J connectivity index is 1.64. The summed E-state index contributed by atoms with van der Waals surface area (Å²) in [5.74, 6) is 1.98. The Morgan fingerprint density at radius 2 is 1.94 bits per heavy atom. The van der Waals surface area contributed by atoms with E-state index in [2.05, 4.69) is 61.4 Å². The van der Waals surface area contributed by atoms with E-state index in [4.69, 9.17) is 4.42 Å². The van der Waals surface area contributed by atoms with Crippen LogP contribution in [0.25, 0.3) is 0 Å². The van der Waals surface area contributed by atoms with E-state index >= 15 is 0 Å². The van der Waals surface area contributed by atoms with Gasteiger partial charge < -0.3 is 9.73 Å². The summed E-state index contributed by atoms with van der Waals surface area (Å²) < 4.78 is 7.18. The van der Waals surface area contributed by atoms with E-state index in [1.165, 1.54) is 4.90 Å². The van der Waals surface area contributed by atoms with Crippen LogP contribution in [0.3, 0.4) is 0 Å². The molecule has 0 spiro atoms. The summed E-state index contributed by atoms with van der Waals surface area (Å²) in [7, 11) is 0. The van der Waals surface area contributed by atoms with Gasteiger partial charge in [0.1, 0.15) is 5.76 Å². The van der Waals surface area contributed by atoms with Crippen molar-refractivity contribution in [1.82, 2.24) is 5.32 Å². The van der Waals surface area contributed by atoms with Crippen molar-refractivity contribution in [1.29, 1.82) is 0 Å². The second kappa shape index (κ2) is 7.38. The van der Waals surface area contributed by atoms with Crippen molar-refractivity contribution in [3.05, 3.63) is 51.3 Å². The van der Waals surface area contributed by atoms with Crippen LogP contribution in [-0.4, -0.2) is 12.3 Å². The van der Waals surface area contributed by atoms with Crippen LogP contribution in [0, 0.1) is 0 Å². The first-order valence-electron chi connectivity index (χ1n) is 5.58. The highest BCUT2D eigenvalue weighted by molar-refractivity contribution is 9.13. The van der Waals surface area contributed by atoms with E-state index in [0.29, 0.717) is 0 Å². The Morgan fingerprint density at radius 3 is 2.61 bits per heavy atom. The van der Waals surface area contributed by atoms with E-state index in [9.17, 15) is 0 Å². The number of hydrogen-bond acceptors (Lipinski definition) is 3. The Morgan fingerprint density at radius 1 is 1.17 bits per heavy atom. The minimum absolute atomic E-state index is 0.748. The van der Waals surface area contributed by atoms with Gasteiger partial charge in [-0.15, -0.1) is 11.8 Å². The second-order valence-electron chi connectivity index (χ2n) is 3.67. The standard InChI is InChI=1S/C13H13Br2NOS/c14-12-8-10(17-13(12)15)9-16-6-7-18-11-4-2-1-3-5-11/h1-5,8,16H,6-7,9H2. The van der Waals surface area contributed by atoms with Crippen LogP contribution in [0.1, 0.15) is 5.76 Å². The first-order chi connectivity index (χ1) is 8.75. The Bertz CT molecular complexity index is 467. The molecule has 1 aromatic heterocycles. The fourth-order valence-electron chi connectivity index (χ4n) is 1.45. The molecule has 0 unspecified atom stereocenters. The minimum Gasteiger partial charge on any atom is -0.452 e. The number of halogens is 2. The van der Waals surface area contributed by atoms with Gasteiger partial charge in [0.15, 0.2) is 4.67 Å². The number of hydrogen-bond donors (Lipinski definition) is 1. The van der Waals surface area contributed by atoms with E-state index < -0.39 is 0 Å². The lowest BCUT2D eigenvalue weighted by Crippen LogP contribution is -2.15. The van der Waals surface area contributed by atoms with Crippen molar-refractivity contribution < 1.29 is 4.42 Å². The molecule has 0 amide bonds. The highest BCUT2D eigenvalue weighted by atomic mass is 79.9. The van der Waals surface area contributed by atoms with Crippen LogP contribution in [0.2, 0.25) is 0 Å². The first kappa shape index (κ1) is 14.2. The maximum Gasteiger partial charge on any atom is 0.183 e. The highest BCUT2D eigenvalue weighted by Gasteiger charge is 2.04. The third kappa shape index (κ3) is 4.46. The number of thioether (sulfide) groups is 1. The normalized spacial score (nSPS) is 10.8. The summed E-state index contributed by atoms with van der Waals surface area (Å²) >= 11 is 8.57. The average Bonchev–Trinajstić information content (AvgIpc) is 2.70. The summed E-state index contributed by atoms with van der Waals surface area (Å²) in [4.78, 5) is 1.31. The summed E-state index contributed by atoms with van der Waals surface area (Å²) in [5, 5.41) is 3.36. The molecule has 5 heteroatoms. The van der Waals surface area contributed by atoms with Gasteiger partial charge in [0.25, 0.3) is 0 Å². The SMILES string of the molecule is Brc1cc(CNCCSc2ccccc2)oc1Br. The fourth-order valence-corrected chi connectivity index (χ4v) is 2.94. The van der Waals surface area contributed by atoms with Crippen LogP contribution in [0.5, 0.6) is 0 Å². The van der Waals surface area contributed by atoms with Crippen LogP contribution < -0.4 is 5.32 Å². The lowest BCUT2D eigenvalue weighted by atomic mass is 10.4. The van der Waals surface area contributed by atoms with Crippen molar-refractivity contribution >= 4 is 43.6 Å². The molecule has 0 saturated heterocycles. The van der Waals surface area contributed by atoms with Gasteiger partial charge in [-0.1, -0.05) is 18.2 Å². The molecule has 2 aromatic rings. The predicted octanol–water partition coefficient (Wildman–Crippen LogP) is 4.69. The van der Waals surface area contributed by atoms with E-state index in [0.717, 1.165) is 33.7 Å². The number of furan rings is 1. The van der Waals surface area contributed by atoms with Gasteiger partial charge in [-0.2, -0.15) is 0 Å². The largest absolute Gasteiger partial charge is 0.452 e. The van der Waals surface area contributed by atoms with E-state index in [1.54, 1.807) is 0 Å². The molecule has 0 aliphatic rings. The van der Waals surface area contributed by atoms with Crippen molar-refractivity contribution in [2.24, 2.45) is 0 Å². The maximum absolute atomic E-state index is 5.48. The average molecular weight is 391 g/mol. The van der Waals surface area contributed by atoms with E-state index in [-0.39, 0.29) is 0 Å². The number of rotatable bonds is 6. The molecular weight excluding hydrogens is 378 g/mol. The lowest BCUT2D eigenvalue weighted by molar-refractivity contribution is 0.468. The minimum atomic E-state index is 0.748. The molecule has 1 heterocycles. The Hall–Kier alpha value is -0.230. The Kier molecular flexibility index (Phi) is 5.82. The Labute approximate surface area is 128 Å². The molecule has 18 heavy (non-hydrogen) atoms. The van der Waals surface area contributed by atoms with Crippen molar-refractivity contribution in [2.45, 2.75) is 11.4 Å². The zero-order valence-corrected chi connectivity index (χ0v) is 13.6. The topological polar surface area (TPSA) is 25.2 Å². The van der Waals surface area contributed by atoms with Gasteiger partial charge in [0, 0.05) is 17.2 Å². The smallest absolute Gasteiger partial charge is 0.183 e. The molecule has 0 aliphatic carbocycles. The predicted molar refractivity (Wildman–Crippen MR) is 83.0 cm³/mol. The third-order valence-electron chi connectivity index (χ3n) is 2.29. The molecule has 0 bridgehead atoms.